The lowest BCUT2D eigenvalue weighted by Crippen LogP contribution is -2.20. The number of methoxy groups -OCH3 is 1. The standard InChI is InChI=1S/C16H27NO3/c1-3-4-10-20-16-7-5-15(6-8-16)14-17-9-11-19-13-12-18-2/h5-8,17H,3-4,9-14H2,1-2H3. The summed E-state index contributed by atoms with van der Waals surface area (Å²) in [4.78, 5) is 0. The third kappa shape index (κ3) is 8.15. The lowest BCUT2D eigenvalue weighted by Gasteiger charge is -2.08. The largest absolute Gasteiger partial charge is 0.494 e. The van der Waals surface area contributed by atoms with E-state index in [2.05, 4.69) is 24.4 Å². The highest BCUT2D eigenvalue weighted by atomic mass is 16.5. The smallest absolute Gasteiger partial charge is 0.119 e. The van der Waals surface area contributed by atoms with Crippen LogP contribution >= 0.6 is 0 Å². The molecule has 1 N–H and O–H groups in total. The Morgan fingerprint density at radius 1 is 1.00 bits per heavy atom. The zero-order valence-corrected chi connectivity index (χ0v) is 12.7. The molecule has 4 nitrogen and oxygen atoms in total. The van der Waals surface area contributed by atoms with Crippen LogP contribution in [0.1, 0.15) is 25.3 Å². The second-order valence-electron chi connectivity index (χ2n) is 4.63. The van der Waals surface area contributed by atoms with Gasteiger partial charge in [-0.2, -0.15) is 0 Å². The molecular weight excluding hydrogens is 254 g/mol. The van der Waals surface area contributed by atoms with Crippen LogP contribution in [0.4, 0.5) is 0 Å². The van der Waals surface area contributed by atoms with Crippen molar-refractivity contribution in [1.29, 1.82) is 0 Å². The van der Waals surface area contributed by atoms with E-state index in [9.17, 15) is 0 Å². The summed E-state index contributed by atoms with van der Waals surface area (Å²) in [6.45, 7) is 6.68. The summed E-state index contributed by atoms with van der Waals surface area (Å²) < 4.78 is 15.9. The molecule has 1 aromatic rings. The van der Waals surface area contributed by atoms with Crippen molar-refractivity contribution >= 4 is 0 Å². The molecule has 0 heterocycles. The molecule has 1 aromatic carbocycles. The minimum absolute atomic E-state index is 0.652. The van der Waals surface area contributed by atoms with E-state index in [1.54, 1.807) is 7.11 Å². The Kier molecular flexibility index (Phi) is 9.92. The van der Waals surface area contributed by atoms with Crippen molar-refractivity contribution in [3.63, 3.8) is 0 Å². The van der Waals surface area contributed by atoms with E-state index in [1.807, 2.05) is 12.1 Å². The van der Waals surface area contributed by atoms with Crippen molar-refractivity contribution in [1.82, 2.24) is 5.32 Å². The molecule has 0 saturated heterocycles. The lowest BCUT2D eigenvalue weighted by molar-refractivity contribution is 0.0719. The van der Waals surface area contributed by atoms with E-state index >= 15 is 0 Å². The summed E-state index contributed by atoms with van der Waals surface area (Å²) in [6, 6.07) is 8.25. The molecule has 0 saturated carbocycles. The third-order valence-corrected chi connectivity index (χ3v) is 2.87. The van der Waals surface area contributed by atoms with E-state index in [1.165, 1.54) is 5.56 Å². The summed E-state index contributed by atoms with van der Waals surface area (Å²) >= 11 is 0. The van der Waals surface area contributed by atoms with Crippen LogP contribution in [0.15, 0.2) is 24.3 Å². The van der Waals surface area contributed by atoms with Crippen molar-refractivity contribution in [2.45, 2.75) is 26.3 Å². The summed E-state index contributed by atoms with van der Waals surface area (Å²) in [5.74, 6) is 0.949. The zero-order chi connectivity index (χ0) is 14.5. The molecule has 0 aromatic heterocycles. The number of ether oxygens (including phenoxy) is 3. The molecule has 0 amide bonds. The zero-order valence-electron chi connectivity index (χ0n) is 12.7. The Bertz CT molecular complexity index is 327. The minimum atomic E-state index is 0.652. The molecule has 1 rings (SSSR count). The van der Waals surface area contributed by atoms with Gasteiger partial charge in [-0.05, 0) is 24.1 Å². The maximum absolute atomic E-state index is 5.63. The number of hydrogen-bond donors (Lipinski definition) is 1. The van der Waals surface area contributed by atoms with Crippen molar-refractivity contribution in [3.05, 3.63) is 29.8 Å². The first-order chi connectivity index (χ1) is 9.86. The van der Waals surface area contributed by atoms with Gasteiger partial charge >= 0.3 is 0 Å². The molecule has 0 aliphatic carbocycles. The fourth-order valence-electron chi connectivity index (χ4n) is 1.66. The van der Waals surface area contributed by atoms with Crippen LogP contribution in [0.3, 0.4) is 0 Å². The summed E-state index contributed by atoms with van der Waals surface area (Å²) in [5, 5.41) is 3.34. The van der Waals surface area contributed by atoms with Crippen LogP contribution in [-0.2, 0) is 16.0 Å². The van der Waals surface area contributed by atoms with Gasteiger partial charge in [0, 0.05) is 20.2 Å². The van der Waals surface area contributed by atoms with Gasteiger partial charge in [0.15, 0.2) is 0 Å². The van der Waals surface area contributed by atoms with Gasteiger partial charge in [-0.1, -0.05) is 25.5 Å². The molecule has 0 unspecified atom stereocenters. The number of rotatable bonds is 12. The first-order valence-corrected chi connectivity index (χ1v) is 7.36. The van der Waals surface area contributed by atoms with Gasteiger partial charge in [-0.25, -0.2) is 0 Å². The molecule has 0 bridgehead atoms. The third-order valence-electron chi connectivity index (χ3n) is 2.87. The van der Waals surface area contributed by atoms with Crippen LogP contribution in [-0.4, -0.2) is 40.1 Å². The second-order valence-corrected chi connectivity index (χ2v) is 4.63. The SMILES string of the molecule is CCCCOc1ccc(CNCCOCCOC)cc1. The van der Waals surface area contributed by atoms with Crippen LogP contribution < -0.4 is 10.1 Å². The first kappa shape index (κ1) is 17.0. The van der Waals surface area contributed by atoms with Crippen LogP contribution in [0.2, 0.25) is 0 Å². The Morgan fingerprint density at radius 3 is 2.50 bits per heavy atom. The van der Waals surface area contributed by atoms with Crippen molar-refractivity contribution in [2.75, 3.05) is 40.1 Å². The number of hydrogen-bond acceptors (Lipinski definition) is 4. The topological polar surface area (TPSA) is 39.7 Å². The molecule has 0 atom stereocenters. The van der Waals surface area contributed by atoms with Gasteiger partial charge in [-0.15, -0.1) is 0 Å². The molecule has 4 heteroatoms. The lowest BCUT2D eigenvalue weighted by atomic mass is 10.2. The quantitative estimate of drug-likeness (QED) is 0.598. The summed E-state index contributed by atoms with van der Waals surface area (Å²) in [5.41, 5.74) is 1.25. The van der Waals surface area contributed by atoms with E-state index in [0.717, 1.165) is 38.3 Å². The molecule has 20 heavy (non-hydrogen) atoms. The predicted octanol–water partition coefficient (Wildman–Crippen LogP) is 2.62. The molecule has 0 aliphatic heterocycles. The van der Waals surface area contributed by atoms with E-state index < -0.39 is 0 Å². The van der Waals surface area contributed by atoms with Gasteiger partial charge < -0.3 is 19.5 Å². The van der Waals surface area contributed by atoms with Gasteiger partial charge in [0.25, 0.3) is 0 Å². The molecule has 0 fully saturated rings. The second kappa shape index (κ2) is 11.7. The number of benzene rings is 1. The van der Waals surface area contributed by atoms with Crippen LogP contribution in [0.25, 0.3) is 0 Å². The van der Waals surface area contributed by atoms with Crippen LogP contribution in [0, 0.1) is 0 Å². The highest BCUT2D eigenvalue weighted by Gasteiger charge is 1.96. The van der Waals surface area contributed by atoms with Gasteiger partial charge in [-0.3, -0.25) is 0 Å². The van der Waals surface area contributed by atoms with Gasteiger partial charge in [0.2, 0.25) is 0 Å². The van der Waals surface area contributed by atoms with E-state index in [4.69, 9.17) is 14.2 Å². The number of unbranched alkanes of at least 4 members (excludes halogenated alkanes) is 1. The van der Waals surface area contributed by atoms with Crippen LogP contribution in [0.5, 0.6) is 5.75 Å². The fraction of sp³-hybridized carbons (Fsp3) is 0.625. The van der Waals surface area contributed by atoms with E-state index in [-0.39, 0.29) is 0 Å². The highest BCUT2D eigenvalue weighted by Crippen LogP contribution is 2.12. The fourth-order valence-corrected chi connectivity index (χ4v) is 1.66. The highest BCUT2D eigenvalue weighted by molar-refractivity contribution is 5.27. The Labute approximate surface area is 122 Å². The molecule has 0 spiro atoms. The maximum Gasteiger partial charge on any atom is 0.119 e. The summed E-state index contributed by atoms with van der Waals surface area (Å²) in [6.07, 6.45) is 2.26. The average Bonchev–Trinajstić information content (AvgIpc) is 2.48. The maximum atomic E-state index is 5.63. The molecular formula is C16H27NO3. The van der Waals surface area contributed by atoms with Gasteiger partial charge in [0.05, 0.1) is 26.4 Å². The molecule has 114 valence electrons. The normalized spacial score (nSPS) is 10.7. The van der Waals surface area contributed by atoms with Gasteiger partial charge in [0.1, 0.15) is 5.75 Å². The molecule has 0 radical (unpaired) electrons. The Balaban J connectivity index is 2.08. The Morgan fingerprint density at radius 2 is 1.80 bits per heavy atom. The van der Waals surface area contributed by atoms with Crippen molar-refractivity contribution in [3.8, 4) is 5.75 Å². The minimum Gasteiger partial charge on any atom is -0.494 e. The average molecular weight is 281 g/mol. The summed E-state index contributed by atoms with van der Waals surface area (Å²) in [7, 11) is 1.68. The van der Waals surface area contributed by atoms with Crippen molar-refractivity contribution < 1.29 is 14.2 Å². The number of nitrogens with one attached hydrogen (secondary N) is 1. The monoisotopic (exact) mass is 281 g/mol. The molecule has 0 aliphatic rings. The predicted molar refractivity (Wildman–Crippen MR) is 81.2 cm³/mol. The first-order valence-electron chi connectivity index (χ1n) is 7.36. The van der Waals surface area contributed by atoms with Crippen molar-refractivity contribution in [2.24, 2.45) is 0 Å². The van der Waals surface area contributed by atoms with E-state index in [0.29, 0.717) is 19.8 Å². The Hall–Kier alpha value is -1.10.